The van der Waals surface area contributed by atoms with Gasteiger partial charge in [-0.05, 0) is 55.4 Å². The summed E-state index contributed by atoms with van der Waals surface area (Å²) in [5, 5.41) is 15.8. The van der Waals surface area contributed by atoms with Crippen molar-refractivity contribution >= 4 is 17.8 Å². The molecule has 1 aliphatic rings. The molecule has 2 amide bonds. The van der Waals surface area contributed by atoms with E-state index in [0.29, 0.717) is 25.9 Å². The molecule has 0 heterocycles. The Balaban J connectivity index is 1.63. The second-order valence-electron chi connectivity index (χ2n) is 11.0. The molecule has 1 saturated carbocycles. The van der Waals surface area contributed by atoms with Crippen molar-refractivity contribution in [3.8, 4) is 5.75 Å². The van der Waals surface area contributed by atoms with Crippen molar-refractivity contribution in [2.75, 3.05) is 13.2 Å². The molecule has 8 nitrogen and oxygen atoms in total. The van der Waals surface area contributed by atoms with E-state index in [0.717, 1.165) is 42.6 Å². The van der Waals surface area contributed by atoms with Crippen LogP contribution in [0.4, 0.5) is 0 Å². The number of ether oxygens (including phenoxy) is 2. The van der Waals surface area contributed by atoms with Crippen molar-refractivity contribution in [1.82, 2.24) is 10.6 Å². The number of carbonyl (C=O) groups excluding carboxylic acids is 3. The lowest BCUT2D eigenvalue weighted by atomic mass is 9.95. The third-order valence-corrected chi connectivity index (χ3v) is 7.52. The third kappa shape index (κ3) is 10.8. The lowest BCUT2D eigenvalue weighted by Crippen LogP contribution is -2.50. The molecule has 0 saturated heterocycles. The summed E-state index contributed by atoms with van der Waals surface area (Å²) in [4.78, 5) is 38.5. The van der Waals surface area contributed by atoms with Gasteiger partial charge >= 0.3 is 5.97 Å². The Labute approximate surface area is 249 Å². The number of aliphatic hydroxyl groups is 1. The number of hydrogen-bond donors (Lipinski definition) is 3. The van der Waals surface area contributed by atoms with Crippen LogP contribution in [0, 0.1) is 5.92 Å². The minimum Gasteiger partial charge on any atom is -0.489 e. The van der Waals surface area contributed by atoms with E-state index < -0.39 is 17.5 Å². The molecule has 3 rings (SSSR count). The van der Waals surface area contributed by atoms with Crippen LogP contribution >= 0.6 is 0 Å². The van der Waals surface area contributed by atoms with Crippen molar-refractivity contribution in [2.45, 2.75) is 76.0 Å². The number of aliphatic hydroxyl groups excluding tert-OH is 1. The van der Waals surface area contributed by atoms with E-state index in [1.54, 1.807) is 12.2 Å². The smallest absolute Gasteiger partial charge is 0.306 e. The van der Waals surface area contributed by atoms with Gasteiger partial charge in [0.1, 0.15) is 19.0 Å². The third-order valence-electron chi connectivity index (χ3n) is 7.52. The zero-order valence-electron chi connectivity index (χ0n) is 24.4. The number of benzene rings is 2. The summed E-state index contributed by atoms with van der Waals surface area (Å²) in [7, 11) is 0. The molecule has 0 radical (unpaired) electrons. The van der Waals surface area contributed by atoms with E-state index in [9.17, 15) is 19.5 Å². The standard InChI is InChI=1S/C34H44N2O6/c1-3-5-14-32(39)42-24-29(21-26-15-17-30(18-16-26)41-23-27-12-7-6-8-13-27)35-33(40)28(11-4-2)22-31(38)36-34(25-37)19-9-10-20-34/h3-4,6-8,12-13,15-18,28-29,37H,1-2,5,9-11,14,19-25H2,(H,35,40)(H,36,38). The first kappa shape index (κ1) is 32.6. The highest BCUT2D eigenvalue weighted by molar-refractivity contribution is 5.86. The van der Waals surface area contributed by atoms with Gasteiger partial charge in [-0.3, -0.25) is 14.4 Å². The van der Waals surface area contributed by atoms with Crippen LogP contribution in [0.25, 0.3) is 0 Å². The minimum absolute atomic E-state index is 0.00535. The van der Waals surface area contributed by atoms with Crippen LogP contribution in [0.2, 0.25) is 0 Å². The average Bonchev–Trinajstić information content (AvgIpc) is 3.47. The molecule has 2 unspecified atom stereocenters. The Kier molecular flexibility index (Phi) is 13.3. The minimum atomic E-state index is -0.646. The zero-order valence-corrected chi connectivity index (χ0v) is 24.4. The van der Waals surface area contributed by atoms with Gasteiger partial charge in [0, 0.05) is 12.8 Å². The summed E-state index contributed by atoms with van der Waals surface area (Å²) in [5.74, 6) is -0.881. The Morgan fingerprint density at radius 1 is 0.976 bits per heavy atom. The highest BCUT2D eigenvalue weighted by Crippen LogP contribution is 2.29. The highest BCUT2D eigenvalue weighted by Gasteiger charge is 2.35. The summed E-state index contributed by atoms with van der Waals surface area (Å²) < 4.78 is 11.4. The first-order valence-electron chi connectivity index (χ1n) is 14.7. The zero-order chi connectivity index (χ0) is 30.2. The van der Waals surface area contributed by atoms with Crippen molar-refractivity contribution in [2.24, 2.45) is 5.92 Å². The van der Waals surface area contributed by atoms with Crippen molar-refractivity contribution < 1.29 is 29.0 Å². The topological polar surface area (TPSA) is 114 Å². The van der Waals surface area contributed by atoms with E-state index in [-0.39, 0.29) is 43.8 Å². The van der Waals surface area contributed by atoms with Crippen molar-refractivity contribution in [3.05, 3.63) is 91.0 Å². The summed E-state index contributed by atoms with van der Waals surface area (Å²) in [6.45, 7) is 7.72. The van der Waals surface area contributed by atoms with Gasteiger partial charge in [-0.15, -0.1) is 13.2 Å². The molecule has 1 aliphatic carbocycles. The Hall–Kier alpha value is -3.91. The summed E-state index contributed by atoms with van der Waals surface area (Å²) in [5.41, 5.74) is 1.39. The van der Waals surface area contributed by atoms with E-state index in [1.165, 1.54) is 0 Å². The molecule has 3 N–H and O–H groups in total. The quantitative estimate of drug-likeness (QED) is 0.173. The normalized spacial score (nSPS) is 15.2. The average molecular weight is 577 g/mol. The van der Waals surface area contributed by atoms with Gasteiger partial charge in [-0.2, -0.15) is 0 Å². The number of esters is 1. The molecular formula is C34H44N2O6. The molecule has 0 bridgehead atoms. The fourth-order valence-corrected chi connectivity index (χ4v) is 5.13. The molecule has 226 valence electrons. The summed E-state index contributed by atoms with van der Waals surface area (Å²) >= 11 is 0. The van der Waals surface area contributed by atoms with E-state index in [2.05, 4.69) is 23.8 Å². The number of carbonyl (C=O) groups is 3. The van der Waals surface area contributed by atoms with E-state index in [4.69, 9.17) is 9.47 Å². The summed E-state index contributed by atoms with van der Waals surface area (Å²) in [6.07, 6.45) is 8.04. The number of rotatable bonds is 18. The molecule has 0 spiro atoms. The molecule has 8 heteroatoms. The van der Waals surface area contributed by atoms with Crippen LogP contribution in [-0.4, -0.2) is 47.7 Å². The highest BCUT2D eigenvalue weighted by atomic mass is 16.5. The molecule has 42 heavy (non-hydrogen) atoms. The van der Waals surface area contributed by atoms with Gasteiger partial charge in [0.2, 0.25) is 11.8 Å². The molecule has 2 atom stereocenters. The predicted molar refractivity (Wildman–Crippen MR) is 163 cm³/mol. The Morgan fingerprint density at radius 3 is 2.33 bits per heavy atom. The maximum Gasteiger partial charge on any atom is 0.306 e. The second-order valence-corrected chi connectivity index (χ2v) is 11.0. The first-order chi connectivity index (χ1) is 20.4. The van der Waals surface area contributed by atoms with E-state index >= 15 is 0 Å². The molecular weight excluding hydrogens is 532 g/mol. The van der Waals surface area contributed by atoms with Crippen LogP contribution < -0.4 is 15.4 Å². The fourth-order valence-electron chi connectivity index (χ4n) is 5.13. The number of nitrogens with one attached hydrogen (secondary N) is 2. The van der Waals surface area contributed by atoms with Crippen LogP contribution in [0.15, 0.2) is 79.9 Å². The maximum absolute atomic E-state index is 13.4. The van der Waals surface area contributed by atoms with Gasteiger partial charge in [-0.25, -0.2) is 0 Å². The van der Waals surface area contributed by atoms with Gasteiger partial charge in [0.15, 0.2) is 0 Å². The SMILES string of the molecule is C=CCCC(=O)OCC(Cc1ccc(OCc2ccccc2)cc1)NC(=O)C(CC=C)CC(=O)NC1(CO)CCCC1. The fraction of sp³-hybridized carbons (Fsp3) is 0.441. The second kappa shape index (κ2) is 17.1. The maximum atomic E-state index is 13.4. The number of hydrogen-bond acceptors (Lipinski definition) is 6. The van der Waals surface area contributed by atoms with Gasteiger partial charge in [-0.1, -0.05) is 67.5 Å². The van der Waals surface area contributed by atoms with Crippen LogP contribution in [-0.2, 0) is 32.1 Å². The van der Waals surface area contributed by atoms with Crippen LogP contribution in [0.5, 0.6) is 5.75 Å². The molecule has 2 aromatic rings. The van der Waals surface area contributed by atoms with E-state index in [1.807, 2.05) is 54.6 Å². The predicted octanol–water partition coefficient (Wildman–Crippen LogP) is 4.81. The van der Waals surface area contributed by atoms with Crippen LogP contribution in [0.3, 0.4) is 0 Å². The lowest BCUT2D eigenvalue weighted by Gasteiger charge is -2.29. The molecule has 0 aromatic heterocycles. The Bertz CT molecular complexity index is 1160. The summed E-state index contributed by atoms with van der Waals surface area (Å²) in [6, 6.07) is 17.0. The number of amides is 2. The first-order valence-corrected chi connectivity index (χ1v) is 14.7. The Morgan fingerprint density at radius 2 is 1.69 bits per heavy atom. The molecule has 2 aromatic carbocycles. The van der Waals surface area contributed by atoms with Crippen molar-refractivity contribution in [3.63, 3.8) is 0 Å². The monoisotopic (exact) mass is 576 g/mol. The molecule has 1 fully saturated rings. The van der Waals surface area contributed by atoms with Crippen molar-refractivity contribution in [1.29, 1.82) is 0 Å². The molecule has 0 aliphatic heterocycles. The van der Waals surface area contributed by atoms with Gasteiger partial charge in [0.05, 0.1) is 24.1 Å². The number of allylic oxidation sites excluding steroid dienone is 2. The van der Waals surface area contributed by atoms with Gasteiger partial charge < -0.3 is 25.2 Å². The lowest BCUT2D eigenvalue weighted by molar-refractivity contribution is -0.145. The largest absolute Gasteiger partial charge is 0.489 e. The van der Waals surface area contributed by atoms with Gasteiger partial charge in [0.25, 0.3) is 0 Å². The van der Waals surface area contributed by atoms with Crippen LogP contribution in [0.1, 0.15) is 62.5 Å².